The highest BCUT2D eigenvalue weighted by Crippen LogP contribution is 2.31. The molecule has 1 aromatic carbocycles. The second kappa shape index (κ2) is 12.2. The van der Waals surface area contributed by atoms with Gasteiger partial charge < -0.3 is 20.6 Å². The highest BCUT2D eigenvalue weighted by Gasteiger charge is 2.27. The Morgan fingerprint density at radius 2 is 2.05 bits per heavy atom. The summed E-state index contributed by atoms with van der Waals surface area (Å²) in [5.74, 6) is 0.160. The summed E-state index contributed by atoms with van der Waals surface area (Å²) >= 11 is 0. The summed E-state index contributed by atoms with van der Waals surface area (Å²) < 4.78 is 3.42. The topological polar surface area (TPSA) is 130 Å². The predicted octanol–water partition coefficient (Wildman–Crippen LogP) is 3.56. The lowest BCUT2D eigenvalue weighted by Gasteiger charge is -2.20. The Bertz CT molecular complexity index is 1660. The molecule has 5 heterocycles. The van der Waals surface area contributed by atoms with E-state index in [0.29, 0.717) is 30.0 Å². The van der Waals surface area contributed by atoms with Crippen molar-refractivity contribution in [3.05, 3.63) is 59.0 Å². The lowest BCUT2D eigenvalue weighted by Crippen LogP contribution is -2.43. The van der Waals surface area contributed by atoms with Crippen molar-refractivity contribution in [3.8, 4) is 11.3 Å². The molecule has 1 amide bonds. The van der Waals surface area contributed by atoms with Crippen LogP contribution in [0.3, 0.4) is 0 Å². The summed E-state index contributed by atoms with van der Waals surface area (Å²) in [6, 6.07) is 8.84. The molecule has 3 aromatic heterocycles. The van der Waals surface area contributed by atoms with Gasteiger partial charge in [-0.05, 0) is 75.6 Å². The summed E-state index contributed by atoms with van der Waals surface area (Å²) in [5, 5.41) is 26.1. The van der Waals surface area contributed by atoms with Gasteiger partial charge in [-0.25, -0.2) is 9.78 Å². The van der Waals surface area contributed by atoms with Gasteiger partial charge in [-0.2, -0.15) is 10.2 Å². The average Bonchev–Trinajstić information content (AvgIpc) is 3.69. The van der Waals surface area contributed by atoms with E-state index in [9.17, 15) is 14.7 Å². The monoisotopic (exact) mass is 584 g/mol. The quantitative estimate of drug-likeness (QED) is 0.258. The SMILES string of the molecule is Cc1nn(C)cc1-c1nn(C)c2c(C(=O)NC(CCN3CC[C@@H](CCc4ccc5c(n4)NCCC5)C3)C(=O)O)cccc12. The smallest absolute Gasteiger partial charge is 0.326 e. The predicted molar refractivity (Wildman–Crippen MR) is 165 cm³/mol. The van der Waals surface area contributed by atoms with Crippen molar-refractivity contribution in [1.82, 2.24) is 34.8 Å². The highest BCUT2D eigenvalue weighted by molar-refractivity contribution is 6.09. The number of aromatic nitrogens is 5. The molecule has 11 heteroatoms. The summed E-state index contributed by atoms with van der Waals surface area (Å²) in [7, 11) is 3.66. The normalized spacial score (nSPS) is 17.5. The third kappa shape index (κ3) is 6.13. The average molecular weight is 585 g/mol. The number of aryl methyl sites for hydroxylation is 5. The summed E-state index contributed by atoms with van der Waals surface area (Å²) in [5.41, 5.74) is 5.99. The van der Waals surface area contributed by atoms with E-state index in [1.165, 1.54) is 5.56 Å². The fraction of sp³-hybridized carbons (Fsp3) is 0.469. The number of para-hydroxylation sites is 1. The number of carbonyl (C=O) groups excluding carboxylic acids is 1. The largest absolute Gasteiger partial charge is 0.480 e. The van der Waals surface area contributed by atoms with Crippen LogP contribution < -0.4 is 10.6 Å². The van der Waals surface area contributed by atoms with Gasteiger partial charge in [-0.15, -0.1) is 0 Å². The molecule has 1 unspecified atom stereocenters. The Labute approximate surface area is 251 Å². The van der Waals surface area contributed by atoms with E-state index in [-0.39, 0.29) is 0 Å². The van der Waals surface area contributed by atoms with Crippen LogP contribution in [0.15, 0.2) is 36.5 Å². The number of carboxylic acid groups (broad SMARTS) is 1. The van der Waals surface area contributed by atoms with Crippen LogP contribution in [0, 0.1) is 12.8 Å². The van der Waals surface area contributed by atoms with Gasteiger partial charge in [0, 0.05) is 56.6 Å². The molecule has 2 aliphatic heterocycles. The molecule has 226 valence electrons. The van der Waals surface area contributed by atoms with Crippen molar-refractivity contribution in [2.24, 2.45) is 20.0 Å². The second-order valence-electron chi connectivity index (χ2n) is 12.0. The van der Waals surface area contributed by atoms with Gasteiger partial charge in [-0.1, -0.05) is 18.2 Å². The van der Waals surface area contributed by atoms with Crippen LogP contribution in [-0.2, 0) is 31.7 Å². The Balaban J connectivity index is 1.06. The molecular formula is C32H40N8O3. The fourth-order valence-electron chi connectivity index (χ4n) is 6.57. The van der Waals surface area contributed by atoms with Crippen LogP contribution in [0.25, 0.3) is 22.2 Å². The molecule has 2 atom stereocenters. The van der Waals surface area contributed by atoms with Crippen molar-refractivity contribution < 1.29 is 14.7 Å². The first-order chi connectivity index (χ1) is 20.8. The number of carboxylic acids is 1. The zero-order valence-electron chi connectivity index (χ0n) is 25.1. The summed E-state index contributed by atoms with van der Waals surface area (Å²) in [6.07, 6.45) is 7.61. The first-order valence-corrected chi connectivity index (χ1v) is 15.2. The fourth-order valence-corrected chi connectivity index (χ4v) is 6.57. The number of hydrogen-bond donors (Lipinski definition) is 3. The Morgan fingerprint density at radius 1 is 1.19 bits per heavy atom. The third-order valence-electron chi connectivity index (χ3n) is 8.85. The van der Waals surface area contributed by atoms with E-state index in [1.54, 1.807) is 22.5 Å². The number of aliphatic carboxylic acids is 1. The van der Waals surface area contributed by atoms with Crippen LogP contribution in [-0.4, -0.2) is 78.6 Å². The van der Waals surface area contributed by atoms with Crippen LogP contribution in [0.5, 0.6) is 0 Å². The van der Waals surface area contributed by atoms with E-state index >= 15 is 0 Å². The molecule has 0 radical (unpaired) electrons. The van der Waals surface area contributed by atoms with Gasteiger partial charge in [-0.3, -0.25) is 14.2 Å². The molecule has 11 nitrogen and oxygen atoms in total. The second-order valence-corrected chi connectivity index (χ2v) is 12.0. The van der Waals surface area contributed by atoms with E-state index in [0.717, 1.165) is 85.6 Å². The lowest BCUT2D eigenvalue weighted by atomic mass is 10.00. The minimum Gasteiger partial charge on any atom is -0.480 e. The van der Waals surface area contributed by atoms with E-state index < -0.39 is 17.9 Å². The lowest BCUT2D eigenvalue weighted by molar-refractivity contribution is -0.139. The van der Waals surface area contributed by atoms with Gasteiger partial charge in [0.1, 0.15) is 17.6 Å². The van der Waals surface area contributed by atoms with Gasteiger partial charge in [0.2, 0.25) is 0 Å². The molecule has 3 N–H and O–H groups in total. The molecule has 4 aromatic rings. The summed E-state index contributed by atoms with van der Waals surface area (Å²) in [6.45, 7) is 5.42. The molecule has 0 saturated carbocycles. The van der Waals surface area contributed by atoms with Crippen LogP contribution >= 0.6 is 0 Å². The third-order valence-corrected chi connectivity index (χ3v) is 8.85. The van der Waals surface area contributed by atoms with Crippen LogP contribution in [0.1, 0.15) is 53.0 Å². The minimum atomic E-state index is -1.03. The molecule has 0 bridgehead atoms. The maximum absolute atomic E-state index is 13.4. The van der Waals surface area contributed by atoms with Crippen molar-refractivity contribution in [2.45, 2.75) is 51.5 Å². The molecular weight excluding hydrogens is 544 g/mol. The van der Waals surface area contributed by atoms with Crippen molar-refractivity contribution >= 4 is 28.6 Å². The maximum atomic E-state index is 13.4. The number of nitrogens with one attached hydrogen (secondary N) is 2. The number of nitrogens with zero attached hydrogens (tertiary/aromatic N) is 6. The van der Waals surface area contributed by atoms with Gasteiger partial charge >= 0.3 is 5.97 Å². The van der Waals surface area contributed by atoms with Crippen molar-refractivity contribution in [1.29, 1.82) is 0 Å². The van der Waals surface area contributed by atoms with Gasteiger partial charge in [0.15, 0.2) is 0 Å². The van der Waals surface area contributed by atoms with Crippen LogP contribution in [0.4, 0.5) is 5.82 Å². The molecule has 6 rings (SSSR count). The molecule has 0 spiro atoms. The number of hydrogen-bond acceptors (Lipinski definition) is 7. The summed E-state index contributed by atoms with van der Waals surface area (Å²) in [4.78, 5) is 32.8. The minimum absolute atomic E-state index is 0.341. The first-order valence-electron chi connectivity index (χ1n) is 15.2. The maximum Gasteiger partial charge on any atom is 0.326 e. The number of anilines is 1. The molecule has 1 fully saturated rings. The van der Waals surface area contributed by atoms with E-state index in [1.807, 2.05) is 32.3 Å². The molecule has 0 aliphatic carbocycles. The van der Waals surface area contributed by atoms with E-state index in [2.05, 4.69) is 32.8 Å². The standard InChI is InChI=1S/C32H40N8O3/c1-20-26(19-38(2)36-20)28-24-7-4-8-25(29(24)39(3)37-28)31(41)35-27(32(42)43)14-17-40-16-13-21(18-40)9-11-23-12-10-22-6-5-15-33-30(22)34-23/h4,7-8,10,12,19,21,27H,5-6,9,11,13-18H2,1-3H3,(H,33,34)(H,35,41)(H,42,43)/t21-,27?/m1/s1. The van der Waals surface area contributed by atoms with E-state index in [4.69, 9.17) is 10.1 Å². The first kappa shape index (κ1) is 28.9. The van der Waals surface area contributed by atoms with Crippen molar-refractivity contribution in [3.63, 3.8) is 0 Å². The molecule has 2 aliphatic rings. The number of pyridine rings is 1. The zero-order valence-corrected chi connectivity index (χ0v) is 25.1. The number of benzene rings is 1. The number of amides is 1. The highest BCUT2D eigenvalue weighted by atomic mass is 16.4. The Kier molecular flexibility index (Phi) is 8.16. The Hall–Kier alpha value is -4.25. The number of likely N-dealkylation sites (tertiary alicyclic amines) is 1. The number of fused-ring (bicyclic) bond motifs is 2. The van der Waals surface area contributed by atoms with Gasteiger partial charge in [0.25, 0.3) is 5.91 Å². The van der Waals surface area contributed by atoms with Gasteiger partial charge in [0.05, 0.1) is 16.8 Å². The molecule has 1 saturated heterocycles. The molecule has 43 heavy (non-hydrogen) atoms. The number of carbonyl (C=O) groups is 2. The Morgan fingerprint density at radius 3 is 2.84 bits per heavy atom. The van der Waals surface area contributed by atoms with Crippen molar-refractivity contribution in [2.75, 3.05) is 31.5 Å². The number of rotatable bonds is 10. The van der Waals surface area contributed by atoms with Crippen LogP contribution in [0.2, 0.25) is 0 Å². The zero-order chi connectivity index (χ0) is 30.1.